The number of phenols is 4. The molecule has 0 aliphatic rings. The third-order valence-electron chi connectivity index (χ3n) is 3.30. The van der Waals surface area contributed by atoms with E-state index in [1.807, 2.05) is 12.1 Å². The Labute approximate surface area is 144 Å². The maximum absolute atomic E-state index is 10.1. The molecule has 0 unspecified atom stereocenters. The minimum absolute atomic E-state index is 0.217. The molecular weight excluding hydrogens is 472 g/mol. The van der Waals surface area contributed by atoms with E-state index in [2.05, 4.69) is 47.8 Å². The molecule has 21 heavy (non-hydrogen) atoms. The Bertz CT molecular complexity index is 922. The van der Waals surface area contributed by atoms with Crippen LogP contribution in [0, 0.1) is 0 Å². The van der Waals surface area contributed by atoms with E-state index in [4.69, 9.17) is 0 Å². The molecule has 7 heteroatoms. The van der Waals surface area contributed by atoms with Crippen LogP contribution < -0.4 is 0 Å². The Kier molecular flexibility index (Phi) is 3.46. The van der Waals surface area contributed by atoms with E-state index in [0.29, 0.717) is 4.47 Å². The van der Waals surface area contributed by atoms with Crippen LogP contribution in [0.4, 0.5) is 0 Å². The second-order valence-corrected chi connectivity index (χ2v) is 6.91. The summed E-state index contributed by atoms with van der Waals surface area (Å²) < 4.78 is 2.08. The summed E-state index contributed by atoms with van der Waals surface area (Å²) in [5.74, 6) is -2.49. The molecule has 0 aliphatic heterocycles. The normalized spacial score (nSPS) is 11.4. The summed E-state index contributed by atoms with van der Waals surface area (Å²) in [7, 11) is 0. The van der Waals surface area contributed by atoms with E-state index in [0.717, 1.165) is 19.7 Å². The van der Waals surface area contributed by atoms with Crippen molar-refractivity contribution in [3.63, 3.8) is 0 Å². The molecule has 0 aromatic heterocycles. The Morgan fingerprint density at radius 2 is 1.29 bits per heavy atom. The third-order valence-corrected chi connectivity index (χ3v) is 6.11. The highest BCUT2D eigenvalue weighted by Gasteiger charge is 2.22. The Hall–Kier alpha value is -1.18. The Morgan fingerprint density at radius 1 is 0.667 bits per heavy atom. The van der Waals surface area contributed by atoms with Crippen molar-refractivity contribution in [2.75, 3.05) is 0 Å². The van der Waals surface area contributed by atoms with Crippen molar-refractivity contribution in [2.24, 2.45) is 0 Å². The Morgan fingerprint density at radius 3 is 1.95 bits per heavy atom. The van der Waals surface area contributed by atoms with Crippen LogP contribution in [-0.4, -0.2) is 20.4 Å². The van der Waals surface area contributed by atoms with Gasteiger partial charge in [0, 0.05) is 29.6 Å². The molecule has 0 radical (unpaired) electrons. The van der Waals surface area contributed by atoms with Crippen molar-refractivity contribution in [1.29, 1.82) is 0 Å². The molecule has 0 fully saturated rings. The summed E-state index contributed by atoms with van der Waals surface area (Å²) in [5.41, 5.74) is 0. The van der Waals surface area contributed by atoms with E-state index in [-0.39, 0.29) is 10.8 Å². The first-order valence-corrected chi connectivity index (χ1v) is 8.08. The highest BCUT2D eigenvalue weighted by molar-refractivity contribution is 9.13. The van der Waals surface area contributed by atoms with Crippen LogP contribution in [0.1, 0.15) is 0 Å². The predicted octanol–water partition coefficient (Wildman–Crippen LogP) is 5.10. The molecule has 0 aliphatic carbocycles. The number of phenolic OH excluding ortho intramolecular Hbond substituents is 4. The summed E-state index contributed by atoms with van der Waals surface area (Å²) >= 11 is 10.3. The van der Waals surface area contributed by atoms with Crippen LogP contribution in [0.15, 0.2) is 31.6 Å². The fourth-order valence-electron chi connectivity index (χ4n) is 2.27. The summed E-state index contributed by atoms with van der Waals surface area (Å²) in [6.45, 7) is 0. The lowest BCUT2D eigenvalue weighted by Gasteiger charge is -2.14. The van der Waals surface area contributed by atoms with Crippen molar-refractivity contribution < 1.29 is 20.4 Å². The quantitative estimate of drug-likeness (QED) is 0.206. The molecule has 4 nitrogen and oxygen atoms in total. The second-order valence-electron chi connectivity index (χ2n) is 4.47. The minimum Gasteiger partial charge on any atom is -0.504 e. The van der Waals surface area contributed by atoms with Gasteiger partial charge in [0.2, 0.25) is 11.5 Å². The van der Waals surface area contributed by atoms with E-state index in [1.54, 1.807) is 6.07 Å². The van der Waals surface area contributed by atoms with E-state index in [1.165, 1.54) is 0 Å². The zero-order valence-electron chi connectivity index (χ0n) is 10.2. The third kappa shape index (κ3) is 1.98. The van der Waals surface area contributed by atoms with Crippen molar-refractivity contribution in [2.45, 2.75) is 0 Å². The average molecular weight is 479 g/mol. The van der Waals surface area contributed by atoms with E-state index >= 15 is 0 Å². The van der Waals surface area contributed by atoms with Crippen molar-refractivity contribution >= 4 is 69.3 Å². The van der Waals surface area contributed by atoms with Gasteiger partial charge in [-0.15, -0.1) is 0 Å². The highest BCUT2D eigenvalue weighted by Crippen LogP contribution is 2.53. The summed E-state index contributed by atoms with van der Waals surface area (Å²) in [6, 6.07) is 5.29. The van der Waals surface area contributed by atoms with Crippen molar-refractivity contribution in [3.05, 3.63) is 31.6 Å². The average Bonchev–Trinajstić information content (AvgIpc) is 2.46. The molecule has 0 atom stereocenters. The number of aromatic hydroxyl groups is 4. The standard InChI is InChI=1S/C14H7Br3O4/c15-6-2-1-4-3-5-8(10(17)7(4)9(6)16)12(19)14(21)13(20)11(5)18/h1-3,18-21H. The van der Waals surface area contributed by atoms with Crippen LogP contribution in [-0.2, 0) is 0 Å². The number of halogens is 3. The van der Waals surface area contributed by atoms with Gasteiger partial charge in [-0.1, -0.05) is 6.07 Å². The maximum Gasteiger partial charge on any atom is 0.204 e. The molecule has 3 aromatic rings. The lowest BCUT2D eigenvalue weighted by atomic mass is 10.0. The van der Waals surface area contributed by atoms with Gasteiger partial charge >= 0.3 is 0 Å². The second kappa shape index (κ2) is 4.93. The van der Waals surface area contributed by atoms with Gasteiger partial charge in [-0.3, -0.25) is 0 Å². The fourth-order valence-corrected chi connectivity index (χ4v) is 4.25. The van der Waals surface area contributed by atoms with Crippen LogP contribution in [0.3, 0.4) is 0 Å². The van der Waals surface area contributed by atoms with E-state index < -0.39 is 23.0 Å². The van der Waals surface area contributed by atoms with Crippen molar-refractivity contribution in [1.82, 2.24) is 0 Å². The summed E-state index contributed by atoms with van der Waals surface area (Å²) in [5, 5.41) is 41.4. The van der Waals surface area contributed by atoms with Crippen LogP contribution in [0.5, 0.6) is 23.0 Å². The molecule has 0 saturated heterocycles. The van der Waals surface area contributed by atoms with Gasteiger partial charge < -0.3 is 20.4 Å². The fraction of sp³-hybridized carbons (Fsp3) is 0. The van der Waals surface area contributed by atoms with Gasteiger partial charge in [-0.25, -0.2) is 0 Å². The van der Waals surface area contributed by atoms with Crippen LogP contribution in [0.2, 0.25) is 0 Å². The monoisotopic (exact) mass is 476 g/mol. The van der Waals surface area contributed by atoms with Gasteiger partial charge in [0.25, 0.3) is 0 Å². The smallest absolute Gasteiger partial charge is 0.204 e. The number of hydrogen-bond acceptors (Lipinski definition) is 4. The first kappa shape index (κ1) is 14.7. The highest BCUT2D eigenvalue weighted by atomic mass is 79.9. The molecule has 4 N–H and O–H groups in total. The Balaban J connectivity index is 2.67. The zero-order chi connectivity index (χ0) is 15.5. The zero-order valence-corrected chi connectivity index (χ0v) is 14.9. The first-order valence-electron chi connectivity index (χ1n) is 5.70. The van der Waals surface area contributed by atoms with Gasteiger partial charge in [0.05, 0.1) is 0 Å². The lowest BCUT2D eigenvalue weighted by Crippen LogP contribution is -1.85. The largest absolute Gasteiger partial charge is 0.504 e. The SMILES string of the molecule is Oc1c(O)c(O)c2c(Br)c3c(Br)c(Br)ccc3cc2c1O. The number of fused-ring (bicyclic) bond motifs is 2. The predicted molar refractivity (Wildman–Crippen MR) is 91.2 cm³/mol. The summed E-state index contributed by atoms with van der Waals surface area (Å²) in [6.07, 6.45) is 0. The maximum atomic E-state index is 10.1. The minimum atomic E-state index is -0.758. The molecule has 0 heterocycles. The van der Waals surface area contributed by atoms with Crippen LogP contribution in [0.25, 0.3) is 21.5 Å². The van der Waals surface area contributed by atoms with Gasteiger partial charge in [-0.2, -0.15) is 0 Å². The van der Waals surface area contributed by atoms with E-state index in [9.17, 15) is 20.4 Å². The van der Waals surface area contributed by atoms with Gasteiger partial charge in [0.15, 0.2) is 11.5 Å². The molecule has 108 valence electrons. The van der Waals surface area contributed by atoms with Gasteiger partial charge in [-0.05, 0) is 65.3 Å². The molecular formula is C14H7Br3O4. The lowest BCUT2D eigenvalue weighted by molar-refractivity contribution is 0.351. The van der Waals surface area contributed by atoms with Gasteiger partial charge in [0.1, 0.15) is 0 Å². The molecule has 0 amide bonds. The topological polar surface area (TPSA) is 80.9 Å². The number of benzene rings is 3. The van der Waals surface area contributed by atoms with Crippen LogP contribution >= 0.6 is 47.8 Å². The van der Waals surface area contributed by atoms with Crippen molar-refractivity contribution in [3.8, 4) is 23.0 Å². The molecule has 0 bridgehead atoms. The number of hydrogen-bond donors (Lipinski definition) is 4. The summed E-state index contributed by atoms with van der Waals surface area (Å²) in [4.78, 5) is 0. The molecule has 0 saturated carbocycles. The first-order chi connectivity index (χ1) is 9.84. The molecule has 0 spiro atoms. The molecule has 3 rings (SSSR count). The molecule has 3 aromatic carbocycles. The number of rotatable bonds is 0.